The number of hydrogen-bond donors (Lipinski definition) is 1. The smallest absolute Gasteiger partial charge is 0.231 e. The van der Waals surface area contributed by atoms with Crippen LogP contribution in [0.2, 0.25) is 0 Å². The second kappa shape index (κ2) is 5.10. The number of benzene rings is 1. The minimum absolute atomic E-state index is 0.135. The molecule has 90 valence electrons. The van der Waals surface area contributed by atoms with E-state index in [9.17, 15) is 0 Å². The van der Waals surface area contributed by atoms with E-state index in [4.69, 9.17) is 10.3 Å². The molecule has 17 heavy (non-hydrogen) atoms. The molecule has 4 nitrogen and oxygen atoms in total. The van der Waals surface area contributed by atoms with Crippen LogP contribution in [-0.2, 0) is 6.42 Å². The van der Waals surface area contributed by atoms with Gasteiger partial charge in [0.25, 0.3) is 0 Å². The van der Waals surface area contributed by atoms with Crippen molar-refractivity contribution in [1.29, 1.82) is 0 Å². The van der Waals surface area contributed by atoms with Gasteiger partial charge in [-0.2, -0.15) is 4.98 Å². The van der Waals surface area contributed by atoms with Crippen molar-refractivity contribution in [3.8, 4) is 0 Å². The van der Waals surface area contributed by atoms with Crippen molar-refractivity contribution < 1.29 is 4.52 Å². The van der Waals surface area contributed by atoms with Gasteiger partial charge in [-0.05, 0) is 24.5 Å². The summed E-state index contributed by atoms with van der Waals surface area (Å²) in [4.78, 5) is 4.31. The highest BCUT2D eigenvalue weighted by molar-refractivity contribution is 5.27. The van der Waals surface area contributed by atoms with Crippen LogP contribution < -0.4 is 5.73 Å². The average Bonchev–Trinajstić information content (AvgIpc) is 2.80. The highest BCUT2D eigenvalue weighted by Crippen LogP contribution is 2.14. The second-order valence-electron chi connectivity index (χ2n) is 4.16. The third-order valence-corrected chi connectivity index (χ3v) is 2.86. The van der Waals surface area contributed by atoms with Crippen molar-refractivity contribution in [2.75, 3.05) is 0 Å². The number of rotatable bonds is 4. The SMILES string of the molecule is CCC(N)c1noc(Cc2ccccc2C)n1. The molecule has 0 aliphatic heterocycles. The molecule has 0 fully saturated rings. The molecule has 0 saturated carbocycles. The first-order chi connectivity index (χ1) is 8.20. The van der Waals surface area contributed by atoms with Crippen LogP contribution in [0.4, 0.5) is 0 Å². The van der Waals surface area contributed by atoms with Crippen molar-refractivity contribution in [2.24, 2.45) is 5.73 Å². The Balaban J connectivity index is 2.14. The monoisotopic (exact) mass is 231 g/mol. The van der Waals surface area contributed by atoms with E-state index in [1.54, 1.807) is 0 Å². The van der Waals surface area contributed by atoms with E-state index in [1.807, 2.05) is 19.1 Å². The van der Waals surface area contributed by atoms with Gasteiger partial charge in [-0.1, -0.05) is 36.3 Å². The van der Waals surface area contributed by atoms with E-state index >= 15 is 0 Å². The summed E-state index contributed by atoms with van der Waals surface area (Å²) in [6.07, 6.45) is 1.47. The lowest BCUT2D eigenvalue weighted by atomic mass is 10.1. The van der Waals surface area contributed by atoms with Crippen molar-refractivity contribution >= 4 is 0 Å². The van der Waals surface area contributed by atoms with Gasteiger partial charge in [0.05, 0.1) is 12.5 Å². The Morgan fingerprint density at radius 3 is 2.82 bits per heavy atom. The number of nitrogens with zero attached hydrogens (tertiary/aromatic N) is 2. The number of hydrogen-bond acceptors (Lipinski definition) is 4. The van der Waals surface area contributed by atoms with Crippen molar-refractivity contribution in [1.82, 2.24) is 10.1 Å². The van der Waals surface area contributed by atoms with E-state index in [-0.39, 0.29) is 6.04 Å². The zero-order valence-electron chi connectivity index (χ0n) is 10.2. The van der Waals surface area contributed by atoms with Gasteiger partial charge in [-0.3, -0.25) is 0 Å². The summed E-state index contributed by atoms with van der Waals surface area (Å²) < 4.78 is 5.21. The van der Waals surface area contributed by atoms with Crippen molar-refractivity contribution in [3.05, 3.63) is 47.1 Å². The highest BCUT2D eigenvalue weighted by atomic mass is 16.5. The van der Waals surface area contributed by atoms with Gasteiger partial charge >= 0.3 is 0 Å². The quantitative estimate of drug-likeness (QED) is 0.877. The maximum absolute atomic E-state index is 5.85. The first kappa shape index (κ1) is 11.8. The summed E-state index contributed by atoms with van der Waals surface area (Å²) in [6, 6.07) is 8.04. The van der Waals surface area contributed by atoms with Crippen LogP contribution in [0.25, 0.3) is 0 Å². The molecule has 0 saturated heterocycles. The third-order valence-electron chi connectivity index (χ3n) is 2.86. The Bertz CT molecular complexity index is 493. The van der Waals surface area contributed by atoms with Gasteiger partial charge in [0, 0.05) is 0 Å². The van der Waals surface area contributed by atoms with Gasteiger partial charge in [0.15, 0.2) is 5.82 Å². The minimum Gasteiger partial charge on any atom is -0.339 e. The summed E-state index contributed by atoms with van der Waals surface area (Å²) in [5.74, 6) is 1.22. The van der Waals surface area contributed by atoms with Crippen LogP contribution in [0, 0.1) is 6.92 Å². The maximum atomic E-state index is 5.85. The topological polar surface area (TPSA) is 64.9 Å². The molecule has 1 atom stereocenters. The van der Waals surface area contributed by atoms with E-state index in [0.29, 0.717) is 18.1 Å². The normalized spacial score (nSPS) is 12.6. The Kier molecular flexibility index (Phi) is 3.54. The Morgan fingerprint density at radius 2 is 2.12 bits per heavy atom. The van der Waals surface area contributed by atoms with Crippen LogP contribution >= 0.6 is 0 Å². The fraction of sp³-hybridized carbons (Fsp3) is 0.385. The lowest BCUT2D eigenvalue weighted by molar-refractivity contribution is 0.375. The molecule has 2 rings (SSSR count). The Labute approximate surface area is 101 Å². The summed E-state index contributed by atoms with van der Waals surface area (Å²) in [5.41, 5.74) is 8.28. The average molecular weight is 231 g/mol. The number of nitrogens with two attached hydrogens (primary N) is 1. The summed E-state index contributed by atoms with van der Waals surface area (Å²) in [6.45, 7) is 4.08. The van der Waals surface area contributed by atoms with E-state index < -0.39 is 0 Å². The zero-order valence-corrected chi connectivity index (χ0v) is 10.2. The van der Waals surface area contributed by atoms with Crippen LogP contribution in [0.5, 0.6) is 0 Å². The Morgan fingerprint density at radius 1 is 1.35 bits per heavy atom. The zero-order chi connectivity index (χ0) is 12.3. The molecule has 2 N–H and O–H groups in total. The Hall–Kier alpha value is -1.68. The molecule has 2 aromatic rings. The molecule has 0 aliphatic rings. The fourth-order valence-corrected chi connectivity index (χ4v) is 1.64. The molecule has 4 heteroatoms. The first-order valence-electron chi connectivity index (χ1n) is 5.83. The molecule has 0 spiro atoms. The third kappa shape index (κ3) is 2.71. The molecule has 0 aliphatic carbocycles. The van der Waals surface area contributed by atoms with E-state index in [1.165, 1.54) is 11.1 Å². The largest absolute Gasteiger partial charge is 0.339 e. The van der Waals surface area contributed by atoms with Crippen LogP contribution in [0.3, 0.4) is 0 Å². The molecular weight excluding hydrogens is 214 g/mol. The van der Waals surface area contributed by atoms with Gasteiger partial charge in [0.2, 0.25) is 5.89 Å². The fourth-order valence-electron chi connectivity index (χ4n) is 1.64. The summed E-state index contributed by atoms with van der Waals surface area (Å²) >= 11 is 0. The highest BCUT2D eigenvalue weighted by Gasteiger charge is 2.13. The molecule has 0 amide bonds. The molecule has 1 heterocycles. The molecule has 1 aromatic heterocycles. The van der Waals surface area contributed by atoms with Crippen LogP contribution in [0.15, 0.2) is 28.8 Å². The predicted molar refractivity (Wildman–Crippen MR) is 65.5 cm³/mol. The molecular formula is C13H17N3O. The number of aryl methyl sites for hydroxylation is 1. The van der Waals surface area contributed by atoms with E-state index in [0.717, 1.165) is 6.42 Å². The summed E-state index contributed by atoms with van der Waals surface area (Å²) in [7, 11) is 0. The van der Waals surface area contributed by atoms with Gasteiger partial charge in [0.1, 0.15) is 0 Å². The second-order valence-corrected chi connectivity index (χ2v) is 4.16. The molecule has 1 aromatic carbocycles. The van der Waals surface area contributed by atoms with Crippen molar-refractivity contribution in [3.63, 3.8) is 0 Å². The van der Waals surface area contributed by atoms with E-state index in [2.05, 4.69) is 29.2 Å². The van der Waals surface area contributed by atoms with Gasteiger partial charge in [-0.15, -0.1) is 0 Å². The minimum atomic E-state index is -0.135. The van der Waals surface area contributed by atoms with Crippen LogP contribution in [-0.4, -0.2) is 10.1 Å². The first-order valence-corrected chi connectivity index (χ1v) is 5.83. The maximum Gasteiger partial charge on any atom is 0.231 e. The molecule has 0 bridgehead atoms. The predicted octanol–water partition coefficient (Wildman–Crippen LogP) is 2.38. The van der Waals surface area contributed by atoms with Crippen LogP contribution in [0.1, 0.15) is 42.2 Å². The van der Waals surface area contributed by atoms with Gasteiger partial charge in [-0.25, -0.2) is 0 Å². The molecule has 0 radical (unpaired) electrons. The summed E-state index contributed by atoms with van der Waals surface area (Å²) in [5, 5.41) is 3.90. The lowest BCUT2D eigenvalue weighted by Crippen LogP contribution is -2.10. The van der Waals surface area contributed by atoms with Gasteiger partial charge < -0.3 is 10.3 Å². The number of aromatic nitrogens is 2. The van der Waals surface area contributed by atoms with Crippen molar-refractivity contribution in [2.45, 2.75) is 32.7 Å². The lowest BCUT2D eigenvalue weighted by Gasteiger charge is -2.01. The molecule has 1 unspecified atom stereocenters. The standard InChI is InChI=1S/C13H17N3O/c1-3-11(14)13-15-12(17-16-13)8-10-7-5-4-6-9(10)2/h4-7,11H,3,8,14H2,1-2H3.